The van der Waals surface area contributed by atoms with Crippen molar-refractivity contribution >= 4 is 12.0 Å². The van der Waals surface area contributed by atoms with Crippen molar-refractivity contribution in [3.63, 3.8) is 0 Å². The zero-order valence-electron chi connectivity index (χ0n) is 22.8. The van der Waals surface area contributed by atoms with Gasteiger partial charge in [-0.2, -0.15) is 0 Å². The van der Waals surface area contributed by atoms with Gasteiger partial charge < -0.3 is 24.8 Å². The molecule has 0 aromatic heterocycles. The maximum atomic E-state index is 12.6. The smallest absolute Gasteiger partial charge is 0.443 e. The molecule has 0 aliphatic rings. The Balaban J connectivity index is 1.16. The summed E-state index contributed by atoms with van der Waals surface area (Å²) in [6.07, 6.45) is 1.51. The Morgan fingerprint density at radius 1 is 0.610 bits per heavy atom. The van der Waals surface area contributed by atoms with Gasteiger partial charge in [-0.15, -0.1) is 5.06 Å². The fourth-order valence-electron chi connectivity index (χ4n) is 3.90. The van der Waals surface area contributed by atoms with E-state index in [4.69, 9.17) is 24.8 Å². The molecule has 0 atom stereocenters. The molecule has 0 spiro atoms. The van der Waals surface area contributed by atoms with Gasteiger partial charge in [-0.25, -0.2) is 4.79 Å². The number of hydrogen-bond acceptors (Lipinski definition) is 6. The number of benzene rings is 4. The van der Waals surface area contributed by atoms with Crippen LogP contribution in [0, 0.1) is 0 Å². The van der Waals surface area contributed by atoms with Gasteiger partial charge in [-0.05, 0) is 72.4 Å². The standard InChI is InChI=1S/C33H34N2O6/c34-32(36)23-35(41-31-20-18-30(19-21-31)40-25-28-12-5-2-6-13-28)33(37)38-22-8-7-9-26-14-16-29(17-15-26)39-24-27-10-3-1-4-11-27/h1-6,10-21H,7-9,22-25H2,(H2,34,36). The number of nitrogens with zero attached hydrogens (tertiary/aromatic N) is 1. The number of hydroxylamine groups is 2. The monoisotopic (exact) mass is 554 g/mol. The maximum absolute atomic E-state index is 12.6. The van der Waals surface area contributed by atoms with Crippen LogP contribution in [0.4, 0.5) is 4.79 Å². The number of unbranched alkanes of at least 4 members (excludes halogenated alkanes) is 1. The van der Waals surface area contributed by atoms with Crippen LogP contribution in [0.25, 0.3) is 0 Å². The van der Waals surface area contributed by atoms with Gasteiger partial charge in [0.1, 0.15) is 31.3 Å². The molecule has 0 radical (unpaired) electrons. The van der Waals surface area contributed by atoms with Crippen LogP contribution in [-0.4, -0.2) is 30.2 Å². The molecule has 0 heterocycles. The Bertz CT molecular complexity index is 1350. The molecule has 0 unspecified atom stereocenters. The normalized spacial score (nSPS) is 10.4. The lowest BCUT2D eigenvalue weighted by Crippen LogP contribution is -2.41. The van der Waals surface area contributed by atoms with Crippen LogP contribution in [0.2, 0.25) is 0 Å². The van der Waals surface area contributed by atoms with Gasteiger partial charge in [0.25, 0.3) is 0 Å². The van der Waals surface area contributed by atoms with Crippen LogP contribution in [0.3, 0.4) is 0 Å². The van der Waals surface area contributed by atoms with Crippen LogP contribution in [0.1, 0.15) is 29.5 Å². The summed E-state index contributed by atoms with van der Waals surface area (Å²) in [4.78, 5) is 29.7. The molecular weight excluding hydrogens is 520 g/mol. The molecular formula is C33H34N2O6. The van der Waals surface area contributed by atoms with Crippen LogP contribution >= 0.6 is 0 Å². The minimum absolute atomic E-state index is 0.183. The highest BCUT2D eigenvalue weighted by atomic mass is 16.7. The molecule has 0 saturated heterocycles. The zero-order valence-corrected chi connectivity index (χ0v) is 22.8. The number of rotatable bonds is 15. The summed E-state index contributed by atoms with van der Waals surface area (Å²) in [6.45, 7) is 0.692. The fraction of sp³-hybridized carbons (Fsp3) is 0.212. The number of carbonyl (C=O) groups excluding carboxylic acids is 2. The Morgan fingerprint density at radius 3 is 1.66 bits per heavy atom. The van der Waals surface area contributed by atoms with E-state index in [1.54, 1.807) is 24.3 Å². The average Bonchev–Trinajstić information content (AvgIpc) is 3.00. The first-order valence-electron chi connectivity index (χ1n) is 13.5. The van der Waals surface area contributed by atoms with Crippen LogP contribution in [0.15, 0.2) is 109 Å². The number of amides is 2. The molecule has 0 aliphatic carbocycles. The van der Waals surface area contributed by atoms with Gasteiger partial charge in [-0.1, -0.05) is 72.8 Å². The third kappa shape index (κ3) is 10.3. The number of ether oxygens (including phenoxy) is 3. The van der Waals surface area contributed by atoms with Gasteiger partial charge in [0.2, 0.25) is 5.91 Å². The summed E-state index contributed by atoms with van der Waals surface area (Å²) in [5.74, 6) is 1.07. The molecule has 0 fully saturated rings. The van der Waals surface area contributed by atoms with Gasteiger partial charge in [0, 0.05) is 0 Å². The van der Waals surface area contributed by atoms with Crippen molar-refractivity contribution in [2.24, 2.45) is 5.73 Å². The lowest BCUT2D eigenvalue weighted by atomic mass is 10.1. The third-order valence-corrected chi connectivity index (χ3v) is 6.05. The van der Waals surface area contributed by atoms with E-state index >= 15 is 0 Å². The van der Waals surface area contributed by atoms with Crippen molar-refractivity contribution in [3.8, 4) is 17.2 Å². The first-order valence-corrected chi connectivity index (χ1v) is 13.5. The molecule has 4 rings (SSSR count). The molecule has 41 heavy (non-hydrogen) atoms. The van der Waals surface area contributed by atoms with Crippen molar-refractivity contribution in [2.45, 2.75) is 32.5 Å². The third-order valence-electron chi connectivity index (χ3n) is 6.05. The lowest BCUT2D eigenvalue weighted by Gasteiger charge is -2.20. The van der Waals surface area contributed by atoms with E-state index in [-0.39, 0.29) is 6.61 Å². The van der Waals surface area contributed by atoms with E-state index in [2.05, 4.69) is 0 Å². The number of nitrogens with two attached hydrogens (primary N) is 1. The zero-order chi connectivity index (χ0) is 28.7. The van der Waals surface area contributed by atoms with Crippen molar-refractivity contribution < 1.29 is 28.6 Å². The summed E-state index contributed by atoms with van der Waals surface area (Å²) in [5.41, 5.74) is 8.64. The van der Waals surface area contributed by atoms with Crippen molar-refractivity contribution in [3.05, 3.63) is 126 Å². The predicted molar refractivity (Wildman–Crippen MR) is 155 cm³/mol. The molecule has 4 aromatic rings. The number of primary amides is 1. The lowest BCUT2D eigenvalue weighted by molar-refractivity contribution is -0.126. The topological polar surface area (TPSA) is 100 Å². The quantitative estimate of drug-likeness (QED) is 0.141. The van der Waals surface area contributed by atoms with E-state index in [0.717, 1.165) is 34.8 Å². The Morgan fingerprint density at radius 2 is 1.12 bits per heavy atom. The number of hydrogen-bond donors (Lipinski definition) is 1. The highest BCUT2D eigenvalue weighted by molar-refractivity contribution is 5.80. The van der Waals surface area contributed by atoms with Crippen LogP contribution in [-0.2, 0) is 29.2 Å². The summed E-state index contributed by atoms with van der Waals surface area (Å²) >= 11 is 0. The van der Waals surface area contributed by atoms with E-state index in [1.165, 1.54) is 5.56 Å². The molecule has 2 N–H and O–H groups in total. The molecule has 0 bridgehead atoms. The average molecular weight is 555 g/mol. The van der Waals surface area contributed by atoms with Gasteiger partial charge in [-0.3, -0.25) is 4.79 Å². The summed E-state index contributed by atoms with van der Waals surface area (Å²) in [5, 5.41) is 0.816. The molecule has 4 aromatic carbocycles. The van der Waals surface area contributed by atoms with E-state index in [0.29, 0.717) is 31.1 Å². The molecule has 2 amide bonds. The summed E-state index contributed by atoms with van der Waals surface area (Å²) < 4.78 is 16.9. The second kappa shape index (κ2) is 15.6. The minimum atomic E-state index is -0.784. The SMILES string of the molecule is NC(=O)CN(Oc1ccc(OCc2ccccc2)cc1)C(=O)OCCCCc1ccc(OCc2ccccc2)cc1. The molecule has 0 saturated carbocycles. The molecule has 8 nitrogen and oxygen atoms in total. The van der Waals surface area contributed by atoms with Crippen LogP contribution in [0.5, 0.6) is 17.2 Å². The van der Waals surface area contributed by atoms with E-state index in [9.17, 15) is 9.59 Å². The fourth-order valence-corrected chi connectivity index (χ4v) is 3.90. The second-order valence-electron chi connectivity index (χ2n) is 9.33. The second-order valence-corrected chi connectivity index (χ2v) is 9.33. The van der Waals surface area contributed by atoms with Crippen LogP contribution < -0.4 is 20.0 Å². The molecule has 8 heteroatoms. The molecule has 212 valence electrons. The first kappa shape index (κ1) is 29.0. The first-order chi connectivity index (χ1) is 20.0. The predicted octanol–water partition coefficient (Wildman–Crippen LogP) is 6.09. The highest BCUT2D eigenvalue weighted by Gasteiger charge is 2.20. The number of carbonyl (C=O) groups is 2. The van der Waals surface area contributed by atoms with E-state index < -0.39 is 18.5 Å². The van der Waals surface area contributed by atoms with Crippen molar-refractivity contribution in [1.29, 1.82) is 0 Å². The Kier molecular flexibility index (Phi) is 11.0. The van der Waals surface area contributed by atoms with E-state index in [1.807, 2.05) is 84.9 Å². The van der Waals surface area contributed by atoms with Crippen molar-refractivity contribution in [1.82, 2.24) is 5.06 Å². The van der Waals surface area contributed by atoms with Gasteiger partial charge in [0.15, 0.2) is 5.75 Å². The Hall–Kier alpha value is -4.98. The van der Waals surface area contributed by atoms with Gasteiger partial charge >= 0.3 is 6.09 Å². The maximum Gasteiger partial charge on any atom is 0.443 e. The summed E-state index contributed by atoms with van der Waals surface area (Å²) in [6, 6.07) is 34.5. The highest BCUT2D eigenvalue weighted by Crippen LogP contribution is 2.20. The summed E-state index contributed by atoms with van der Waals surface area (Å²) in [7, 11) is 0. The van der Waals surface area contributed by atoms with Gasteiger partial charge in [0.05, 0.1) is 6.61 Å². The number of aryl methyl sites for hydroxylation is 1. The molecule has 0 aliphatic heterocycles. The van der Waals surface area contributed by atoms with Crippen molar-refractivity contribution in [2.75, 3.05) is 13.2 Å². The minimum Gasteiger partial charge on any atom is -0.489 e. The largest absolute Gasteiger partial charge is 0.489 e. The Labute approximate surface area is 240 Å².